The molecule has 3 N–H and O–H groups in total. The van der Waals surface area contributed by atoms with Crippen molar-refractivity contribution in [1.29, 1.82) is 0 Å². The van der Waals surface area contributed by atoms with Crippen LogP contribution in [0.25, 0.3) is 0 Å². The minimum absolute atomic E-state index is 0.240. The van der Waals surface area contributed by atoms with E-state index in [0.29, 0.717) is 17.5 Å². The van der Waals surface area contributed by atoms with E-state index in [1.165, 1.54) is 6.07 Å². The Hall–Kier alpha value is -0.370. The summed E-state index contributed by atoms with van der Waals surface area (Å²) in [6, 6.07) is 4.84. The average molecular weight is 318 g/mol. The second kappa shape index (κ2) is 6.39. The Balaban J connectivity index is 2.02. The molecule has 1 heterocycles. The normalized spacial score (nSPS) is 20.4. The van der Waals surface area contributed by atoms with Gasteiger partial charge in [-0.05, 0) is 24.6 Å². The molecule has 0 amide bonds. The van der Waals surface area contributed by atoms with Crippen LogP contribution in [-0.2, 0) is 10.0 Å². The molecule has 1 fully saturated rings. The van der Waals surface area contributed by atoms with E-state index in [9.17, 15) is 8.42 Å². The number of hydrogen-bond donors (Lipinski definition) is 2. The van der Waals surface area contributed by atoms with E-state index in [0.717, 1.165) is 22.8 Å². The maximum Gasteiger partial charge on any atom is 0.240 e. The van der Waals surface area contributed by atoms with E-state index < -0.39 is 10.0 Å². The Morgan fingerprint density at radius 2 is 2.21 bits per heavy atom. The van der Waals surface area contributed by atoms with Crippen molar-refractivity contribution in [3.8, 4) is 0 Å². The topological polar surface area (TPSA) is 72.2 Å². The Labute approximate surface area is 123 Å². The first kappa shape index (κ1) is 15.0. The van der Waals surface area contributed by atoms with E-state index >= 15 is 0 Å². The molecule has 106 valence electrons. The molecule has 19 heavy (non-hydrogen) atoms. The molecule has 0 aromatic heterocycles. The quantitative estimate of drug-likeness (QED) is 0.827. The molecule has 1 aliphatic rings. The second-order valence-electron chi connectivity index (χ2n) is 4.44. The summed E-state index contributed by atoms with van der Waals surface area (Å²) in [5.74, 6) is 3.25. The number of aryl methyl sites for hydroxylation is 1. The summed E-state index contributed by atoms with van der Waals surface area (Å²) in [7, 11) is -3.45. The molecule has 0 radical (unpaired) electrons. The minimum atomic E-state index is -3.45. The first-order valence-electron chi connectivity index (χ1n) is 6.04. The SMILES string of the molecule is Cc1ccc(S(=O)(=O)NCC2CSCCS2)cc1N. The number of benzene rings is 1. The van der Waals surface area contributed by atoms with Crippen molar-refractivity contribution < 1.29 is 8.42 Å². The summed E-state index contributed by atoms with van der Waals surface area (Å²) in [6.45, 7) is 2.34. The molecule has 2 rings (SSSR count). The van der Waals surface area contributed by atoms with Gasteiger partial charge in [-0.1, -0.05) is 6.07 Å². The molecular weight excluding hydrogens is 300 g/mol. The van der Waals surface area contributed by atoms with Crippen molar-refractivity contribution in [2.24, 2.45) is 0 Å². The highest BCUT2D eigenvalue weighted by Gasteiger charge is 2.19. The summed E-state index contributed by atoms with van der Waals surface area (Å²) >= 11 is 3.71. The Morgan fingerprint density at radius 3 is 2.84 bits per heavy atom. The Bertz CT molecular complexity index is 540. The largest absolute Gasteiger partial charge is 0.398 e. The number of hydrogen-bond acceptors (Lipinski definition) is 5. The minimum Gasteiger partial charge on any atom is -0.398 e. The molecule has 1 saturated heterocycles. The molecule has 0 saturated carbocycles. The lowest BCUT2D eigenvalue weighted by Crippen LogP contribution is -2.33. The van der Waals surface area contributed by atoms with Gasteiger partial charge in [-0.15, -0.1) is 0 Å². The molecule has 0 bridgehead atoms. The first-order valence-corrected chi connectivity index (χ1v) is 9.73. The van der Waals surface area contributed by atoms with Gasteiger partial charge < -0.3 is 5.73 Å². The van der Waals surface area contributed by atoms with Crippen molar-refractivity contribution in [2.45, 2.75) is 17.1 Å². The molecule has 1 aliphatic heterocycles. The van der Waals surface area contributed by atoms with Crippen molar-refractivity contribution in [1.82, 2.24) is 4.72 Å². The standard InChI is InChI=1S/C12H18N2O2S3/c1-9-2-3-11(6-12(9)13)19(15,16)14-7-10-8-17-4-5-18-10/h2-3,6,10,14H,4-5,7-8,13H2,1H3. The lowest BCUT2D eigenvalue weighted by Gasteiger charge is -2.21. The van der Waals surface area contributed by atoms with Gasteiger partial charge in [0.05, 0.1) is 4.90 Å². The number of thioether (sulfide) groups is 2. The highest BCUT2D eigenvalue weighted by atomic mass is 32.2. The lowest BCUT2D eigenvalue weighted by atomic mass is 10.2. The van der Waals surface area contributed by atoms with Gasteiger partial charge in [-0.3, -0.25) is 0 Å². The van der Waals surface area contributed by atoms with Crippen LogP contribution in [0.1, 0.15) is 5.56 Å². The van der Waals surface area contributed by atoms with Crippen LogP contribution in [0.15, 0.2) is 23.1 Å². The van der Waals surface area contributed by atoms with Gasteiger partial charge in [0.2, 0.25) is 10.0 Å². The zero-order chi connectivity index (χ0) is 13.9. The van der Waals surface area contributed by atoms with Crippen LogP contribution < -0.4 is 10.5 Å². The number of nitrogens with two attached hydrogens (primary N) is 1. The summed E-state index contributed by atoms with van der Waals surface area (Å²) in [6.07, 6.45) is 0. The molecule has 0 spiro atoms. The fraction of sp³-hybridized carbons (Fsp3) is 0.500. The summed E-state index contributed by atoms with van der Waals surface area (Å²) < 4.78 is 27.0. The number of anilines is 1. The fourth-order valence-electron chi connectivity index (χ4n) is 1.73. The molecule has 1 unspecified atom stereocenters. The monoisotopic (exact) mass is 318 g/mol. The fourth-order valence-corrected chi connectivity index (χ4v) is 5.56. The second-order valence-corrected chi connectivity index (χ2v) is 8.76. The number of sulfonamides is 1. The van der Waals surface area contributed by atoms with Crippen LogP contribution in [0.3, 0.4) is 0 Å². The average Bonchev–Trinajstić information content (AvgIpc) is 2.41. The summed E-state index contributed by atoms with van der Waals surface area (Å²) in [5, 5.41) is 0.358. The molecule has 7 heteroatoms. The molecular formula is C12H18N2O2S3. The summed E-state index contributed by atoms with van der Waals surface area (Å²) in [4.78, 5) is 0.240. The number of nitrogens with one attached hydrogen (secondary N) is 1. The van der Waals surface area contributed by atoms with Crippen LogP contribution in [0.5, 0.6) is 0 Å². The maximum absolute atomic E-state index is 12.2. The predicted molar refractivity (Wildman–Crippen MR) is 84.4 cm³/mol. The third-order valence-electron chi connectivity index (χ3n) is 2.95. The van der Waals surface area contributed by atoms with Crippen molar-refractivity contribution in [3.63, 3.8) is 0 Å². The van der Waals surface area contributed by atoms with Gasteiger partial charge in [0.25, 0.3) is 0 Å². The summed E-state index contributed by atoms with van der Waals surface area (Å²) in [5.41, 5.74) is 7.15. The van der Waals surface area contributed by atoms with Gasteiger partial charge >= 0.3 is 0 Å². The maximum atomic E-state index is 12.2. The third-order valence-corrected chi connectivity index (χ3v) is 7.21. The Kier molecular flexibility index (Phi) is 5.05. The van der Waals surface area contributed by atoms with Crippen molar-refractivity contribution in [3.05, 3.63) is 23.8 Å². The smallest absolute Gasteiger partial charge is 0.240 e. The number of rotatable bonds is 4. The molecule has 4 nitrogen and oxygen atoms in total. The highest BCUT2D eigenvalue weighted by Crippen LogP contribution is 2.24. The van der Waals surface area contributed by atoms with Crippen LogP contribution in [-0.4, -0.2) is 37.5 Å². The molecule has 1 aromatic rings. The zero-order valence-corrected chi connectivity index (χ0v) is 13.2. The van der Waals surface area contributed by atoms with E-state index in [1.54, 1.807) is 12.1 Å². The van der Waals surface area contributed by atoms with E-state index in [4.69, 9.17) is 5.73 Å². The van der Waals surface area contributed by atoms with Crippen LogP contribution >= 0.6 is 23.5 Å². The Morgan fingerprint density at radius 1 is 1.42 bits per heavy atom. The van der Waals surface area contributed by atoms with Crippen LogP contribution in [0.2, 0.25) is 0 Å². The lowest BCUT2D eigenvalue weighted by molar-refractivity contribution is 0.581. The first-order chi connectivity index (χ1) is 8.99. The van der Waals surface area contributed by atoms with Crippen molar-refractivity contribution >= 4 is 39.2 Å². The third kappa shape index (κ3) is 4.05. The van der Waals surface area contributed by atoms with Gasteiger partial charge in [0, 0.05) is 34.7 Å². The van der Waals surface area contributed by atoms with E-state index in [-0.39, 0.29) is 4.90 Å². The van der Waals surface area contributed by atoms with E-state index in [2.05, 4.69) is 4.72 Å². The zero-order valence-electron chi connectivity index (χ0n) is 10.8. The highest BCUT2D eigenvalue weighted by molar-refractivity contribution is 8.06. The van der Waals surface area contributed by atoms with Gasteiger partial charge in [0.1, 0.15) is 0 Å². The van der Waals surface area contributed by atoms with Gasteiger partial charge in [-0.25, -0.2) is 13.1 Å². The van der Waals surface area contributed by atoms with Gasteiger partial charge in [-0.2, -0.15) is 23.5 Å². The van der Waals surface area contributed by atoms with Crippen LogP contribution in [0, 0.1) is 6.92 Å². The van der Waals surface area contributed by atoms with Crippen LogP contribution in [0.4, 0.5) is 5.69 Å². The predicted octanol–water partition coefficient (Wildman–Crippen LogP) is 1.70. The molecule has 0 aliphatic carbocycles. The van der Waals surface area contributed by atoms with Crippen molar-refractivity contribution in [2.75, 3.05) is 29.5 Å². The number of nitrogen functional groups attached to an aromatic ring is 1. The molecule has 1 atom stereocenters. The van der Waals surface area contributed by atoms with Gasteiger partial charge in [0.15, 0.2) is 0 Å². The molecule has 1 aromatic carbocycles. The van der Waals surface area contributed by atoms with E-state index in [1.807, 2.05) is 30.4 Å².